The zero-order chi connectivity index (χ0) is 13.3. The van der Waals surface area contributed by atoms with Crippen molar-refractivity contribution in [2.24, 2.45) is 0 Å². The molecule has 0 spiro atoms. The molecule has 0 aliphatic carbocycles. The first kappa shape index (κ1) is 12.4. The molecule has 7 heteroatoms. The van der Waals surface area contributed by atoms with Gasteiger partial charge in [-0.15, -0.1) is 0 Å². The molecular weight excluding hydrogens is 263 g/mol. The van der Waals surface area contributed by atoms with E-state index in [9.17, 15) is 9.18 Å². The molecule has 0 saturated heterocycles. The van der Waals surface area contributed by atoms with Gasteiger partial charge in [0.2, 0.25) is 0 Å². The molecule has 2 aromatic rings. The van der Waals surface area contributed by atoms with E-state index in [1.54, 1.807) is 0 Å². The summed E-state index contributed by atoms with van der Waals surface area (Å²) < 4.78 is 18.8. The third-order valence-corrected chi connectivity index (χ3v) is 2.53. The van der Waals surface area contributed by atoms with E-state index in [0.717, 1.165) is 0 Å². The second-order valence-corrected chi connectivity index (χ2v) is 3.88. The quantitative estimate of drug-likeness (QED) is 0.899. The Labute approximate surface area is 106 Å². The van der Waals surface area contributed by atoms with Gasteiger partial charge < -0.3 is 9.84 Å². The lowest BCUT2D eigenvalue weighted by molar-refractivity contribution is 0.0690. The minimum atomic E-state index is -1.18. The van der Waals surface area contributed by atoms with Crippen LogP contribution in [0, 0.1) is 5.82 Å². The van der Waals surface area contributed by atoms with Gasteiger partial charge in [-0.3, -0.25) is 5.10 Å². The number of aromatic carboxylic acids is 1. The van der Waals surface area contributed by atoms with E-state index in [0.29, 0.717) is 0 Å². The summed E-state index contributed by atoms with van der Waals surface area (Å²) in [6, 6.07) is 3.89. The van der Waals surface area contributed by atoms with Crippen LogP contribution in [0.2, 0.25) is 5.02 Å². The monoisotopic (exact) mass is 270 g/mol. The molecule has 2 N–H and O–H groups in total. The van der Waals surface area contributed by atoms with Crippen LogP contribution >= 0.6 is 11.6 Å². The molecule has 0 aliphatic heterocycles. The van der Waals surface area contributed by atoms with E-state index in [2.05, 4.69) is 10.2 Å². The number of aromatic amines is 1. The number of halogens is 2. The van der Waals surface area contributed by atoms with Crippen LogP contribution in [0.1, 0.15) is 10.5 Å². The topological polar surface area (TPSA) is 75.2 Å². The summed E-state index contributed by atoms with van der Waals surface area (Å²) in [7, 11) is 1.31. The van der Waals surface area contributed by atoms with Crippen molar-refractivity contribution in [3.05, 3.63) is 34.7 Å². The van der Waals surface area contributed by atoms with Crippen LogP contribution in [0.3, 0.4) is 0 Å². The lowest BCUT2D eigenvalue weighted by Crippen LogP contribution is -1.95. The molecule has 0 atom stereocenters. The maximum Gasteiger partial charge on any atom is 0.353 e. The van der Waals surface area contributed by atoms with Crippen molar-refractivity contribution in [3.63, 3.8) is 0 Å². The van der Waals surface area contributed by atoms with Gasteiger partial charge in [-0.25, -0.2) is 9.18 Å². The van der Waals surface area contributed by atoms with Crippen molar-refractivity contribution in [3.8, 4) is 17.0 Å². The standard InChI is InChI=1S/C11H8ClFN2O3/c1-18-9-3-5(12)2-6(10(9)13)7-4-8(11(16)17)15-14-7/h2-4H,1H3,(H,14,15)(H,16,17). The fraction of sp³-hybridized carbons (Fsp3) is 0.0909. The number of carboxylic acid groups (broad SMARTS) is 1. The van der Waals surface area contributed by atoms with Gasteiger partial charge in [0.25, 0.3) is 0 Å². The predicted octanol–water partition coefficient (Wildman–Crippen LogP) is 2.58. The van der Waals surface area contributed by atoms with Crippen LogP contribution in [0.25, 0.3) is 11.3 Å². The van der Waals surface area contributed by atoms with Gasteiger partial charge in [0.1, 0.15) is 5.69 Å². The highest BCUT2D eigenvalue weighted by Crippen LogP contribution is 2.32. The Kier molecular flexibility index (Phi) is 3.20. The van der Waals surface area contributed by atoms with Crippen molar-refractivity contribution in [2.75, 3.05) is 7.11 Å². The van der Waals surface area contributed by atoms with Gasteiger partial charge in [-0.2, -0.15) is 5.10 Å². The van der Waals surface area contributed by atoms with Gasteiger partial charge in [0.15, 0.2) is 11.6 Å². The van der Waals surface area contributed by atoms with E-state index in [1.165, 1.54) is 25.3 Å². The van der Waals surface area contributed by atoms with Crippen molar-refractivity contribution in [1.29, 1.82) is 0 Å². The highest BCUT2D eigenvalue weighted by atomic mass is 35.5. The van der Waals surface area contributed by atoms with Crippen LogP contribution in [-0.4, -0.2) is 28.4 Å². The normalized spacial score (nSPS) is 10.4. The summed E-state index contributed by atoms with van der Waals surface area (Å²) in [5.41, 5.74) is 0.0807. The number of carboxylic acids is 1. The molecule has 0 unspecified atom stereocenters. The highest BCUT2D eigenvalue weighted by molar-refractivity contribution is 6.31. The van der Waals surface area contributed by atoms with E-state index in [1.807, 2.05) is 0 Å². The number of aromatic nitrogens is 2. The number of nitrogens with one attached hydrogen (secondary N) is 1. The van der Waals surface area contributed by atoms with E-state index in [4.69, 9.17) is 21.4 Å². The number of H-pyrrole nitrogens is 1. The summed E-state index contributed by atoms with van der Waals surface area (Å²) in [6.45, 7) is 0. The minimum Gasteiger partial charge on any atom is -0.494 e. The fourth-order valence-corrected chi connectivity index (χ4v) is 1.68. The van der Waals surface area contributed by atoms with Crippen LogP contribution in [0.5, 0.6) is 5.75 Å². The molecule has 0 saturated carbocycles. The molecule has 94 valence electrons. The Hall–Kier alpha value is -2.08. The van der Waals surface area contributed by atoms with Crippen molar-refractivity contribution >= 4 is 17.6 Å². The minimum absolute atomic E-state index is 0.0302. The van der Waals surface area contributed by atoms with E-state index >= 15 is 0 Å². The SMILES string of the molecule is COc1cc(Cl)cc(-c2cc(C(=O)O)[nH]n2)c1F. The number of hydrogen-bond donors (Lipinski definition) is 2. The Morgan fingerprint density at radius 2 is 2.22 bits per heavy atom. The molecule has 5 nitrogen and oxygen atoms in total. The molecule has 1 heterocycles. The van der Waals surface area contributed by atoms with Gasteiger partial charge in [-0.1, -0.05) is 11.6 Å². The Bertz CT molecular complexity index is 612. The molecule has 1 aromatic heterocycles. The number of nitrogens with zero attached hydrogens (tertiary/aromatic N) is 1. The zero-order valence-corrected chi connectivity index (χ0v) is 9.95. The molecular formula is C11H8ClFN2O3. The number of hydrogen-bond acceptors (Lipinski definition) is 3. The fourth-order valence-electron chi connectivity index (χ4n) is 1.47. The van der Waals surface area contributed by atoms with Gasteiger partial charge in [-0.05, 0) is 12.1 Å². The van der Waals surface area contributed by atoms with Crippen molar-refractivity contribution in [2.45, 2.75) is 0 Å². The summed E-state index contributed by atoms with van der Waals surface area (Å²) in [5.74, 6) is -1.86. The Morgan fingerprint density at radius 1 is 1.50 bits per heavy atom. The summed E-state index contributed by atoms with van der Waals surface area (Å²) >= 11 is 5.82. The molecule has 0 aliphatic rings. The number of benzene rings is 1. The van der Waals surface area contributed by atoms with Crippen LogP contribution in [0.4, 0.5) is 4.39 Å². The van der Waals surface area contributed by atoms with Crippen LogP contribution in [-0.2, 0) is 0 Å². The smallest absolute Gasteiger partial charge is 0.353 e. The number of carbonyl (C=O) groups is 1. The first-order valence-corrected chi connectivity index (χ1v) is 5.23. The zero-order valence-electron chi connectivity index (χ0n) is 9.20. The molecule has 0 radical (unpaired) electrons. The number of methoxy groups -OCH3 is 1. The summed E-state index contributed by atoms with van der Waals surface area (Å²) in [5, 5.41) is 15.0. The Morgan fingerprint density at radius 3 is 2.78 bits per heavy atom. The van der Waals surface area contributed by atoms with Gasteiger partial charge in [0.05, 0.1) is 12.8 Å². The average molecular weight is 271 g/mol. The molecule has 18 heavy (non-hydrogen) atoms. The average Bonchev–Trinajstić information content (AvgIpc) is 2.81. The van der Waals surface area contributed by atoms with Gasteiger partial charge >= 0.3 is 5.97 Å². The van der Waals surface area contributed by atoms with E-state index < -0.39 is 11.8 Å². The first-order valence-electron chi connectivity index (χ1n) is 4.85. The summed E-state index contributed by atoms with van der Waals surface area (Å²) in [6.07, 6.45) is 0. The second kappa shape index (κ2) is 4.66. The Balaban J connectivity index is 2.55. The molecule has 1 aromatic carbocycles. The maximum absolute atomic E-state index is 14.0. The summed E-state index contributed by atoms with van der Waals surface area (Å²) in [4.78, 5) is 10.7. The third-order valence-electron chi connectivity index (χ3n) is 2.31. The van der Waals surface area contributed by atoms with Crippen LogP contribution < -0.4 is 4.74 Å². The molecule has 0 amide bonds. The highest BCUT2D eigenvalue weighted by Gasteiger charge is 2.16. The number of ether oxygens (including phenoxy) is 1. The number of rotatable bonds is 3. The lowest BCUT2D eigenvalue weighted by Gasteiger charge is -2.06. The predicted molar refractivity (Wildman–Crippen MR) is 62.5 cm³/mol. The maximum atomic E-state index is 14.0. The second-order valence-electron chi connectivity index (χ2n) is 3.44. The largest absolute Gasteiger partial charge is 0.494 e. The third kappa shape index (κ3) is 2.14. The molecule has 2 rings (SSSR count). The first-order chi connectivity index (χ1) is 8.52. The molecule has 0 bridgehead atoms. The molecule has 0 fully saturated rings. The van der Waals surface area contributed by atoms with Crippen molar-refractivity contribution < 1.29 is 19.0 Å². The van der Waals surface area contributed by atoms with E-state index in [-0.39, 0.29) is 27.7 Å². The van der Waals surface area contributed by atoms with Gasteiger partial charge in [0, 0.05) is 16.7 Å². The lowest BCUT2D eigenvalue weighted by atomic mass is 10.1. The van der Waals surface area contributed by atoms with Crippen molar-refractivity contribution in [1.82, 2.24) is 10.2 Å². The van der Waals surface area contributed by atoms with Crippen LogP contribution in [0.15, 0.2) is 18.2 Å².